The van der Waals surface area contributed by atoms with Crippen LogP contribution in [0.5, 0.6) is 0 Å². The quantitative estimate of drug-likeness (QED) is 0.896. The fourth-order valence-electron chi connectivity index (χ4n) is 2.70. The normalized spacial score (nSPS) is 23.8. The first kappa shape index (κ1) is 15.5. The Kier molecular flexibility index (Phi) is 4.86. The molecule has 0 saturated heterocycles. The molecule has 0 aromatic carbocycles. The minimum atomic E-state index is -0.128. The molecule has 0 radical (unpaired) electrons. The molecule has 0 atom stereocenters. The van der Waals surface area contributed by atoms with Crippen LogP contribution in [-0.2, 0) is 16.8 Å². The molecule has 20 heavy (non-hydrogen) atoms. The van der Waals surface area contributed by atoms with Gasteiger partial charge in [-0.2, -0.15) is 0 Å². The Morgan fingerprint density at radius 2 is 1.95 bits per heavy atom. The summed E-state index contributed by atoms with van der Waals surface area (Å²) in [5.74, 6) is -0.0289. The third-order valence-corrected chi connectivity index (χ3v) is 5.61. The van der Waals surface area contributed by atoms with E-state index in [0.29, 0.717) is 6.04 Å². The summed E-state index contributed by atoms with van der Waals surface area (Å²) in [7, 11) is 0. The highest BCUT2D eigenvalue weighted by molar-refractivity contribution is 7.12. The second kappa shape index (κ2) is 6.27. The molecule has 112 valence electrons. The third-order valence-electron chi connectivity index (χ3n) is 4.10. The van der Waals surface area contributed by atoms with Crippen LogP contribution in [0.25, 0.3) is 0 Å². The topological polar surface area (TPSA) is 55.1 Å². The van der Waals surface area contributed by atoms with Crippen LogP contribution in [0.3, 0.4) is 0 Å². The van der Waals surface area contributed by atoms with E-state index < -0.39 is 0 Å². The Labute approximate surface area is 125 Å². The van der Waals surface area contributed by atoms with Gasteiger partial charge in [0, 0.05) is 28.3 Å². The van der Waals surface area contributed by atoms with E-state index in [9.17, 15) is 4.79 Å². The highest BCUT2D eigenvalue weighted by Gasteiger charge is 2.24. The van der Waals surface area contributed by atoms with Gasteiger partial charge in [-0.1, -0.05) is 20.8 Å². The van der Waals surface area contributed by atoms with Crippen molar-refractivity contribution in [3.05, 3.63) is 21.9 Å². The highest BCUT2D eigenvalue weighted by atomic mass is 32.1. The molecule has 1 aromatic rings. The van der Waals surface area contributed by atoms with Crippen LogP contribution in [0.15, 0.2) is 12.1 Å². The summed E-state index contributed by atoms with van der Waals surface area (Å²) in [4.78, 5) is 14.0. The Bertz CT molecular complexity index is 453. The Morgan fingerprint density at radius 3 is 2.45 bits per heavy atom. The number of carbonyl (C=O) groups excluding carboxylic acids is 1. The van der Waals surface area contributed by atoms with E-state index in [0.717, 1.165) is 32.2 Å². The molecule has 1 heterocycles. The molecule has 4 heteroatoms. The number of carbonyl (C=O) groups is 1. The first-order valence-electron chi connectivity index (χ1n) is 7.48. The molecule has 0 bridgehead atoms. The van der Waals surface area contributed by atoms with Crippen LogP contribution in [0, 0.1) is 5.92 Å². The number of nitrogens with one attached hydrogen (secondary N) is 1. The lowest BCUT2D eigenvalue weighted by Gasteiger charge is -2.27. The van der Waals surface area contributed by atoms with E-state index in [1.165, 1.54) is 9.75 Å². The van der Waals surface area contributed by atoms with Gasteiger partial charge in [0.1, 0.15) is 0 Å². The van der Waals surface area contributed by atoms with E-state index in [4.69, 9.17) is 5.73 Å². The number of amides is 1. The summed E-state index contributed by atoms with van der Waals surface area (Å²) in [6.45, 7) is 7.69. The van der Waals surface area contributed by atoms with Crippen molar-refractivity contribution in [3.8, 4) is 0 Å². The van der Waals surface area contributed by atoms with E-state index >= 15 is 0 Å². The minimum Gasteiger partial charge on any atom is -0.369 e. The predicted molar refractivity (Wildman–Crippen MR) is 84.8 cm³/mol. The smallest absolute Gasteiger partial charge is 0.220 e. The predicted octanol–water partition coefficient (Wildman–Crippen LogP) is 3.18. The van der Waals surface area contributed by atoms with Crippen LogP contribution in [0.1, 0.15) is 56.2 Å². The van der Waals surface area contributed by atoms with Gasteiger partial charge in [0.25, 0.3) is 0 Å². The summed E-state index contributed by atoms with van der Waals surface area (Å²) in [5, 5.41) is 3.62. The van der Waals surface area contributed by atoms with Gasteiger partial charge < -0.3 is 11.1 Å². The SMILES string of the molecule is CC(C)(C)c1ccc(CNC2CCC(C(N)=O)CC2)s1. The largest absolute Gasteiger partial charge is 0.369 e. The number of hydrogen-bond acceptors (Lipinski definition) is 3. The summed E-state index contributed by atoms with van der Waals surface area (Å²) in [6, 6.07) is 5.00. The molecule has 1 aliphatic rings. The van der Waals surface area contributed by atoms with Gasteiger partial charge in [-0.25, -0.2) is 0 Å². The Morgan fingerprint density at radius 1 is 1.30 bits per heavy atom. The van der Waals surface area contributed by atoms with Gasteiger partial charge in [-0.05, 0) is 43.2 Å². The molecule has 3 nitrogen and oxygen atoms in total. The van der Waals surface area contributed by atoms with Crippen LogP contribution in [0.2, 0.25) is 0 Å². The summed E-state index contributed by atoms with van der Waals surface area (Å²) >= 11 is 1.90. The number of thiophene rings is 1. The molecule has 0 aliphatic heterocycles. The maximum absolute atomic E-state index is 11.1. The van der Waals surface area contributed by atoms with Crippen molar-refractivity contribution in [2.75, 3.05) is 0 Å². The lowest BCUT2D eigenvalue weighted by Crippen LogP contribution is -2.36. The molecule has 2 rings (SSSR count). The lowest BCUT2D eigenvalue weighted by atomic mass is 9.85. The molecular weight excluding hydrogens is 268 g/mol. The zero-order valence-corrected chi connectivity index (χ0v) is 13.6. The number of rotatable bonds is 4. The van der Waals surface area contributed by atoms with Crippen LogP contribution in [-0.4, -0.2) is 11.9 Å². The van der Waals surface area contributed by atoms with Gasteiger partial charge in [0.2, 0.25) is 5.91 Å². The van der Waals surface area contributed by atoms with Crippen LogP contribution >= 0.6 is 11.3 Å². The highest BCUT2D eigenvalue weighted by Crippen LogP contribution is 2.30. The first-order chi connectivity index (χ1) is 9.36. The summed E-state index contributed by atoms with van der Waals surface area (Å²) in [6.07, 6.45) is 3.99. The van der Waals surface area contributed by atoms with E-state index in [1.807, 2.05) is 11.3 Å². The second-order valence-electron chi connectivity index (χ2n) is 6.85. The van der Waals surface area contributed by atoms with Crippen molar-refractivity contribution in [3.63, 3.8) is 0 Å². The van der Waals surface area contributed by atoms with Crippen molar-refractivity contribution in [1.29, 1.82) is 0 Å². The minimum absolute atomic E-state index is 0.0993. The van der Waals surface area contributed by atoms with Crippen LogP contribution < -0.4 is 11.1 Å². The fourth-order valence-corrected chi connectivity index (χ4v) is 3.72. The Hall–Kier alpha value is -0.870. The molecule has 1 saturated carbocycles. The Balaban J connectivity index is 1.79. The maximum atomic E-state index is 11.1. The van der Waals surface area contributed by atoms with Gasteiger partial charge in [0.05, 0.1) is 0 Å². The van der Waals surface area contributed by atoms with E-state index in [-0.39, 0.29) is 17.2 Å². The van der Waals surface area contributed by atoms with Gasteiger partial charge >= 0.3 is 0 Å². The number of nitrogens with two attached hydrogens (primary N) is 1. The van der Waals surface area contributed by atoms with Crippen molar-refractivity contribution in [1.82, 2.24) is 5.32 Å². The van der Waals surface area contributed by atoms with E-state index in [2.05, 4.69) is 38.2 Å². The summed E-state index contributed by atoms with van der Waals surface area (Å²) < 4.78 is 0. The lowest BCUT2D eigenvalue weighted by molar-refractivity contribution is -0.122. The second-order valence-corrected chi connectivity index (χ2v) is 8.02. The molecule has 1 fully saturated rings. The molecular formula is C16H26N2OS. The summed E-state index contributed by atoms with van der Waals surface area (Å²) in [5.41, 5.74) is 5.60. The van der Waals surface area contributed by atoms with Crippen LogP contribution in [0.4, 0.5) is 0 Å². The number of primary amides is 1. The zero-order valence-electron chi connectivity index (χ0n) is 12.7. The van der Waals surface area contributed by atoms with E-state index in [1.54, 1.807) is 0 Å². The third kappa shape index (κ3) is 4.06. The average molecular weight is 294 g/mol. The molecule has 1 aromatic heterocycles. The zero-order chi connectivity index (χ0) is 14.8. The number of hydrogen-bond donors (Lipinski definition) is 2. The van der Waals surface area contributed by atoms with Crippen molar-refractivity contribution in [2.45, 2.75) is 64.5 Å². The molecule has 3 N–H and O–H groups in total. The van der Waals surface area contributed by atoms with Crippen molar-refractivity contribution < 1.29 is 4.79 Å². The van der Waals surface area contributed by atoms with Gasteiger partial charge in [0.15, 0.2) is 0 Å². The maximum Gasteiger partial charge on any atom is 0.220 e. The fraction of sp³-hybridized carbons (Fsp3) is 0.688. The first-order valence-corrected chi connectivity index (χ1v) is 8.30. The van der Waals surface area contributed by atoms with Crippen molar-refractivity contribution in [2.24, 2.45) is 11.7 Å². The monoisotopic (exact) mass is 294 g/mol. The molecule has 1 amide bonds. The standard InChI is InChI=1S/C16H26N2OS/c1-16(2,3)14-9-8-13(20-14)10-18-12-6-4-11(5-7-12)15(17)19/h8-9,11-12,18H,4-7,10H2,1-3H3,(H2,17,19). The molecule has 0 unspecified atom stereocenters. The molecule has 1 aliphatic carbocycles. The molecule has 0 spiro atoms. The van der Waals surface area contributed by atoms with Gasteiger partial charge in [-0.15, -0.1) is 11.3 Å². The average Bonchev–Trinajstić information content (AvgIpc) is 2.85. The van der Waals surface area contributed by atoms with Gasteiger partial charge in [-0.3, -0.25) is 4.79 Å². The van der Waals surface area contributed by atoms with Crippen molar-refractivity contribution >= 4 is 17.2 Å².